The summed E-state index contributed by atoms with van der Waals surface area (Å²) in [4.78, 5) is 31.0. The van der Waals surface area contributed by atoms with Crippen LogP contribution in [0.3, 0.4) is 0 Å². The number of carbonyl (C=O) groups excluding carboxylic acids is 1. The maximum absolute atomic E-state index is 12.7. The summed E-state index contributed by atoms with van der Waals surface area (Å²) in [5, 5.41) is 2.59. The van der Waals surface area contributed by atoms with Gasteiger partial charge in [0.2, 0.25) is 5.91 Å². The number of benzene rings is 1. The lowest BCUT2D eigenvalue weighted by Crippen LogP contribution is -2.47. The van der Waals surface area contributed by atoms with Crippen LogP contribution in [0.1, 0.15) is 24.1 Å². The van der Waals surface area contributed by atoms with E-state index in [9.17, 15) is 9.59 Å². The fourth-order valence-electron chi connectivity index (χ4n) is 3.93. The second-order valence-electron chi connectivity index (χ2n) is 7.07. The number of amides is 1. The van der Waals surface area contributed by atoms with Crippen LogP contribution < -0.4 is 11.3 Å². The van der Waals surface area contributed by atoms with E-state index >= 15 is 0 Å². The van der Waals surface area contributed by atoms with Crippen LogP contribution >= 0.6 is 11.3 Å². The van der Waals surface area contributed by atoms with E-state index < -0.39 is 0 Å². The zero-order chi connectivity index (χ0) is 19.6. The number of hydrogen-bond acceptors (Lipinski definition) is 5. The molecule has 2 aromatic heterocycles. The second kappa shape index (κ2) is 7.59. The predicted molar refractivity (Wildman–Crippen MR) is 110 cm³/mol. The Hall–Kier alpha value is -2.93. The van der Waals surface area contributed by atoms with Crippen molar-refractivity contribution in [2.24, 2.45) is 0 Å². The maximum atomic E-state index is 12.7. The van der Waals surface area contributed by atoms with Gasteiger partial charge < -0.3 is 15.2 Å². The molecular weight excluding hydrogens is 372 g/mol. The first-order valence-electron chi connectivity index (χ1n) is 9.29. The molecule has 2 N–H and O–H groups in total. The highest BCUT2D eigenvalue weighted by Gasteiger charge is 2.40. The molecule has 144 valence electrons. The van der Waals surface area contributed by atoms with Gasteiger partial charge in [-0.05, 0) is 24.5 Å². The summed E-state index contributed by atoms with van der Waals surface area (Å²) < 4.78 is 1.45. The van der Waals surface area contributed by atoms with Gasteiger partial charge in [0, 0.05) is 36.1 Å². The van der Waals surface area contributed by atoms with Crippen molar-refractivity contribution < 1.29 is 4.79 Å². The summed E-state index contributed by atoms with van der Waals surface area (Å²) in [5.74, 6) is -0.0345. The molecule has 0 spiro atoms. The Labute approximate surface area is 167 Å². The Bertz CT molecular complexity index is 1020. The van der Waals surface area contributed by atoms with E-state index in [4.69, 9.17) is 5.73 Å². The van der Waals surface area contributed by atoms with Crippen LogP contribution in [0, 0.1) is 0 Å². The van der Waals surface area contributed by atoms with Gasteiger partial charge in [-0.1, -0.05) is 36.4 Å². The fraction of sp³-hybridized carbons (Fsp3) is 0.286. The van der Waals surface area contributed by atoms with E-state index in [0.29, 0.717) is 18.2 Å². The summed E-state index contributed by atoms with van der Waals surface area (Å²) in [6.45, 7) is 1.31. The van der Waals surface area contributed by atoms with Gasteiger partial charge in [0.1, 0.15) is 6.54 Å². The molecule has 3 aromatic rings. The van der Waals surface area contributed by atoms with Crippen molar-refractivity contribution in [1.82, 2.24) is 14.5 Å². The quantitative estimate of drug-likeness (QED) is 0.737. The largest absolute Gasteiger partial charge is 0.375 e. The maximum Gasteiger partial charge on any atom is 0.250 e. The van der Waals surface area contributed by atoms with Crippen LogP contribution in [0.2, 0.25) is 0 Å². The SMILES string of the molecule is Nc1nc(C2(c3ccccc3)CCN(C(=O)Cn3ccccc3=O)CC2)cs1. The van der Waals surface area contributed by atoms with Gasteiger partial charge in [0.25, 0.3) is 5.56 Å². The average Bonchev–Trinajstić information content (AvgIpc) is 3.17. The minimum absolute atomic E-state index is 0.0345. The molecular formula is C21H22N4O2S. The number of nitrogen functional groups attached to an aromatic ring is 1. The van der Waals surface area contributed by atoms with Crippen molar-refractivity contribution in [3.63, 3.8) is 0 Å². The van der Waals surface area contributed by atoms with Gasteiger partial charge in [0.05, 0.1) is 5.69 Å². The molecule has 28 heavy (non-hydrogen) atoms. The Morgan fingerprint density at radius 3 is 2.46 bits per heavy atom. The van der Waals surface area contributed by atoms with Crippen molar-refractivity contribution in [1.29, 1.82) is 0 Å². The Kier molecular flexibility index (Phi) is 5.00. The normalized spacial score (nSPS) is 16.1. The second-order valence-corrected chi connectivity index (χ2v) is 7.96. The molecule has 6 nitrogen and oxygen atoms in total. The first kappa shape index (κ1) is 18.4. The standard InChI is InChI=1S/C21H22N4O2S/c22-20-23-17(15-28-20)21(16-6-2-1-3-7-16)9-12-24(13-10-21)19(27)14-25-11-5-4-8-18(25)26/h1-8,11,15H,9-10,12-14H2,(H2,22,23). The van der Waals surface area contributed by atoms with Crippen LogP contribution in [0.5, 0.6) is 0 Å². The lowest BCUT2D eigenvalue weighted by atomic mass is 9.70. The lowest BCUT2D eigenvalue weighted by molar-refractivity contribution is -0.133. The molecule has 1 aliphatic rings. The van der Waals surface area contributed by atoms with Gasteiger partial charge in [-0.3, -0.25) is 9.59 Å². The highest BCUT2D eigenvalue weighted by Crippen LogP contribution is 2.42. The van der Waals surface area contributed by atoms with Gasteiger partial charge in [0.15, 0.2) is 5.13 Å². The zero-order valence-electron chi connectivity index (χ0n) is 15.5. The van der Waals surface area contributed by atoms with Gasteiger partial charge in [-0.15, -0.1) is 11.3 Å². The van der Waals surface area contributed by atoms with E-state index in [1.54, 1.807) is 18.3 Å². The number of nitrogens with zero attached hydrogens (tertiary/aromatic N) is 3. The molecule has 1 amide bonds. The average molecular weight is 395 g/mol. The van der Waals surface area contributed by atoms with Gasteiger partial charge >= 0.3 is 0 Å². The molecule has 0 saturated carbocycles. The molecule has 1 fully saturated rings. The molecule has 7 heteroatoms. The van der Waals surface area contributed by atoms with Crippen LogP contribution in [0.25, 0.3) is 0 Å². The molecule has 0 radical (unpaired) electrons. The Morgan fingerprint density at radius 2 is 1.82 bits per heavy atom. The lowest BCUT2D eigenvalue weighted by Gasteiger charge is -2.41. The molecule has 3 heterocycles. The van der Waals surface area contributed by atoms with E-state index in [0.717, 1.165) is 18.5 Å². The summed E-state index contributed by atoms with van der Waals surface area (Å²) in [6.07, 6.45) is 3.20. The number of rotatable bonds is 4. The summed E-state index contributed by atoms with van der Waals surface area (Å²) >= 11 is 1.45. The topological polar surface area (TPSA) is 81.2 Å². The predicted octanol–water partition coefficient (Wildman–Crippen LogP) is 2.50. The highest BCUT2D eigenvalue weighted by molar-refractivity contribution is 7.13. The number of carbonyl (C=O) groups is 1. The van der Waals surface area contributed by atoms with Crippen molar-refractivity contribution in [3.05, 3.63) is 81.7 Å². The van der Waals surface area contributed by atoms with Crippen LogP contribution in [-0.4, -0.2) is 33.4 Å². The van der Waals surface area contributed by atoms with Crippen LogP contribution in [0.15, 0.2) is 64.9 Å². The van der Waals surface area contributed by atoms with Crippen LogP contribution in [-0.2, 0) is 16.8 Å². The third-order valence-corrected chi connectivity index (χ3v) is 6.19. The van der Waals surface area contributed by atoms with E-state index in [1.165, 1.54) is 27.5 Å². The minimum Gasteiger partial charge on any atom is -0.375 e. The third-order valence-electron chi connectivity index (χ3n) is 5.51. The molecule has 0 bridgehead atoms. The monoisotopic (exact) mass is 394 g/mol. The molecule has 4 rings (SSSR count). The minimum atomic E-state index is -0.240. The number of hydrogen-bond donors (Lipinski definition) is 1. The first-order chi connectivity index (χ1) is 13.6. The third kappa shape index (κ3) is 3.45. The highest BCUT2D eigenvalue weighted by atomic mass is 32.1. The number of likely N-dealkylation sites (tertiary alicyclic amines) is 1. The molecule has 0 unspecified atom stereocenters. The summed E-state index contributed by atoms with van der Waals surface area (Å²) in [7, 11) is 0. The number of pyridine rings is 1. The van der Waals surface area contributed by atoms with Crippen molar-refractivity contribution in [2.45, 2.75) is 24.8 Å². The van der Waals surface area contributed by atoms with Gasteiger partial charge in [-0.2, -0.15) is 0 Å². The van der Waals surface area contributed by atoms with E-state index in [1.807, 2.05) is 28.5 Å². The molecule has 0 aliphatic carbocycles. The first-order valence-corrected chi connectivity index (χ1v) is 10.2. The van der Waals surface area contributed by atoms with Crippen molar-refractivity contribution in [3.8, 4) is 0 Å². The molecule has 0 atom stereocenters. The van der Waals surface area contributed by atoms with Gasteiger partial charge in [-0.25, -0.2) is 4.98 Å². The molecule has 1 aliphatic heterocycles. The van der Waals surface area contributed by atoms with E-state index in [2.05, 4.69) is 17.1 Å². The zero-order valence-corrected chi connectivity index (χ0v) is 16.3. The Balaban J connectivity index is 1.55. The number of thiazole rings is 1. The number of nitrogens with two attached hydrogens (primary N) is 1. The Morgan fingerprint density at radius 1 is 1.11 bits per heavy atom. The smallest absolute Gasteiger partial charge is 0.250 e. The molecule has 1 aromatic carbocycles. The number of piperidine rings is 1. The summed E-state index contributed by atoms with van der Waals surface area (Å²) in [5.41, 5.74) is 7.69. The van der Waals surface area contributed by atoms with E-state index in [-0.39, 0.29) is 23.4 Å². The summed E-state index contributed by atoms with van der Waals surface area (Å²) in [6, 6.07) is 15.2. The van der Waals surface area contributed by atoms with Crippen molar-refractivity contribution in [2.75, 3.05) is 18.8 Å². The number of aromatic nitrogens is 2. The molecule has 1 saturated heterocycles. The van der Waals surface area contributed by atoms with Crippen LogP contribution in [0.4, 0.5) is 5.13 Å². The fourth-order valence-corrected chi connectivity index (χ4v) is 4.59. The number of anilines is 1. The van der Waals surface area contributed by atoms with Crippen molar-refractivity contribution >= 4 is 22.4 Å².